The van der Waals surface area contributed by atoms with Gasteiger partial charge < -0.3 is 15.2 Å². The molecule has 0 heterocycles. The lowest BCUT2D eigenvalue weighted by atomic mass is 9.94. The number of carboxylic acid groups (broad SMARTS) is 1. The second kappa shape index (κ2) is 7.96. The zero-order valence-electron chi connectivity index (χ0n) is 10.2. The number of carbonyl (C=O) groups excluding carboxylic acids is 1. The fourth-order valence-electron chi connectivity index (χ4n) is 1.59. The number of hydrogen-bond acceptors (Lipinski definition) is 3. The molecule has 0 radical (unpaired) electrons. The number of ether oxygens (including phenoxy) is 1. The zero-order valence-corrected chi connectivity index (χ0v) is 10.2. The van der Waals surface area contributed by atoms with Gasteiger partial charge in [-0.3, -0.25) is 4.79 Å². The van der Waals surface area contributed by atoms with E-state index in [2.05, 4.69) is 5.32 Å². The Morgan fingerprint density at radius 3 is 2.44 bits per heavy atom. The molecule has 2 N–H and O–H groups in total. The molecule has 0 aromatic carbocycles. The summed E-state index contributed by atoms with van der Waals surface area (Å²) in [6.45, 7) is 6.49. The molecular formula is C11H21NO4. The monoisotopic (exact) mass is 231 g/mol. The fraction of sp³-hybridized carbons (Fsp3) is 0.818. The molecule has 0 saturated heterocycles. The third-order valence-electron chi connectivity index (χ3n) is 2.11. The van der Waals surface area contributed by atoms with E-state index in [1.54, 1.807) is 6.92 Å². The molecular weight excluding hydrogens is 210 g/mol. The Morgan fingerprint density at radius 1 is 1.38 bits per heavy atom. The summed E-state index contributed by atoms with van der Waals surface area (Å²) in [4.78, 5) is 21.7. The van der Waals surface area contributed by atoms with Gasteiger partial charge >= 0.3 is 12.1 Å². The Balaban J connectivity index is 4.08. The molecule has 5 nitrogen and oxygen atoms in total. The first-order chi connectivity index (χ1) is 7.45. The van der Waals surface area contributed by atoms with Crippen molar-refractivity contribution in [1.82, 2.24) is 5.32 Å². The van der Waals surface area contributed by atoms with Gasteiger partial charge in [0.1, 0.15) is 0 Å². The first-order valence-corrected chi connectivity index (χ1v) is 5.58. The van der Waals surface area contributed by atoms with Crippen molar-refractivity contribution in [2.45, 2.75) is 33.6 Å². The van der Waals surface area contributed by atoms with Gasteiger partial charge in [0.05, 0.1) is 13.0 Å². The maximum Gasteiger partial charge on any atom is 0.404 e. The van der Waals surface area contributed by atoms with Crippen LogP contribution in [0.3, 0.4) is 0 Å². The molecule has 0 aliphatic heterocycles. The summed E-state index contributed by atoms with van der Waals surface area (Å²) in [6, 6.07) is 0. The third-order valence-corrected chi connectivity index (χ3v) is 2.11. The first-order valence-electron chi connectivity index (χ1n) is 5.58. The fourth-order valence-corrected chi connectivity index (χ4v) is 1.59. The number of amides is 1. The van der Waals surface area contributed by atoms with Crippen molar-refractivity contribution in [2.75, 3.05) is 13.2 Å². The molecule has 94 valence electrons. The van der Waals surface area contributed by atoms with Crippen LogP contribution >= 0.6 is 0 Å². The number of hydrogen-bond donors (Lipinski definition) is 2. The molecule has 0 aromatic rings. The quantitative estimate of drug-likeness (QED) is 0.656. The Hall–Kier alpha value is -1.26. The van der Waals surface area contributed by atoms with Crippen molar-refractivity contribution < 1.29 is 19.4 Å². The highest BCUT2D eigenvalue weighted by Crippen LogP contribution is 2.15. The van der Waals surface area contributed by atoms with Crippen LogP contribution in [0.2, 0.25) is 0 Å². The summed E-state index contributed by atoms with van der Waals surface area (Å²) in [5, 5.41) is 10.8. The number of nitrogens with one attached hydrogen (secondary N) is 1. The van der Waals surface area contributed by atoms with Crippen molar-refractivity contribution in [1.29, 1.82) is 0 Å². The van der Waals surface area contributed by atoms with Crippen LogP contribution in [-0.2, 0) is 9.53 Å². The van der Waals surface area contributed by atoms with E-state index in [1.807, 2.05) is 13.8 Å². The first kappa shape index (κ1) is 14.7. The molecule has 1 unspecified atom stereocenters. The number of rotatable bonds is 7. The second-order valence-electron chi connectivity index (χ2n) is 4.19. The summed E-state index contributed by atoms with van der Waals surface area (Å²) in [5.74, 6) is 0.172. The normalized spacial score (nSPS) is 12.2. The predicted molar refractivity (Wildman–Crippen MR) is 60.2 cm³/mol. The predicted octanol–water partition coefficient (Wildman–Crippen LogP) is 1.87. The van der Waals surface area contributed by atoms with Gasteiger partial charge in [-0.2, -0.15) is 0 Å². The van der Waals surface area contributed by atoms with E-state index < -0.39 is 6.09 Å². The van der Waals surface area contributed by atoms with Crippen LogP contribution in [0.4, 0.5) is 4.79 Å². The Kier molecular flexibility index (Phi) is 7.33. The summed E-state index contributed by atoms with van der Waals surface area (Å²) in [5.41, 5.74) is 0. The third kappa shape index (κ3) is 8.08. The standard InChI is InChI=1S/C11H21NO4/c1-4-16-10(13)6-9(5-8(2)3)7-12-11(14)15/h8-9,12H,4-7H2,1-3H3,(H,14,15). The number of esters is 1. The van der Waals surface area contributed by atoms with Gasteiger partial charge in [-0.05, 0) is 25.2 Å². The molecule has 1 atom stereocenters. The lowest BCUT2D eigenvalue weighted by molar-refractivity contribution is -0.144. The van der Waals surface area contributed by atoms with E-state index in [4.69, 9.17) is 9.84 Å². The van der Waals surface area contributed by atoms with Crippen LogP contribution in [0.5, 0.6) is 0 Å². The Bertz CT molecular complexity index is 228. The van der Waals surface area contributed by atoms with Crippen molar-refractivity contribution in [3.8, 4) is 0 Å². The zero-order chi connectivity index (χ0) is 12.6. The molecule has 0 rings (SSSR count). The van der Waals surface area contributed by atoms with Crippen LogP contribution in [0.1, 0.15) is 33.6 Å². The van der Waals surface area contributed by atoms with Gasteiger partial charge in [-0.15, -0.1) is 0 Å². The maximum atomic E-state index is 11.3. The highest BCUT2D eigenvalue weighted by atomic mass is 16.5. The average molecular weight is 231 g/mol. The molecule has 5 heteroatoms. The smallest absolute Gasteiger partial charge is 0.404 e. The highest BCUT2D eigenvalue weighted by Gasteiger charge is 2.16. The van der Waals surface area contributed by atoms with Crippen LogP contribution in [-0.4, -0.2) is 30.3 Å². The van der Waals surface area contributed by atoms with Crippen LogP contribution in [0, 0.1) is 11.8 Å². The van der Waals surface area contributed by atoms with Gasteiger partial charge in [-0.25, -0.2) is 4.79 Å². The van der Waals surface area contributed by atoms with Crippen LogP contribution in [0.25, 0.3) is 0 Å². The topological polar surface area (TPSA) is 75.6 Å². The maximum absolute atomic E-state index is 11.3. The molecule has 0 aromatic heterocycles. The molecule has 1 amide bonds. The van der Waals surface area contributed by atoms with E-state index in [1.165, 1.54) is 0 Å². The largest absolute Gasteiger partial charge is 0.466 e. The van der Waals surface area contributed by atoms with E-state index >= 15 is 0 Å². The molecule has 16 heavy (non-hydrogen) atoms. The molecule has 0 saturated carbocycles. The van der Waals surface area contributed by atoms with E-state index in [0.717, 1.165) is 6.42 Å². The summed E-state index contributed by atoms with van der Waals surface area (Å²) in [7, 11) is 0. The minimum Gasteiger partial charge on any atom is -0.466 e. The molecule has 0 aliphatic rings. The van der Waals surface area contributed by atoms with Gasteiger partial charge in [0.2, 0.25) is 0 Å². The minimum atomic E-state index is -1.06. The second-order valence-corrected chi connectivity index (χ2v) is 4.19. The van der Waals surface area contributed by atoms with Crippen molar-refractivity contribution in [2.24, 2.45) is 11.8 Å². The Labute approximate surface area is 96.2 Å². The van der Waals surface area contributed by atoms with Gasteiger partial charge in [0.15, 0.2) is 0 Å². The van der Waals surface area contributed by atoms with Crippen molar-refractivity contribution in [3.63, 3.8) is 0 Å². The Morgan fingerprint density at radius 2 is 2.00 bits per heavy atom. The van der Waals surface area contributed by atoms with Gasteiger partial charge in [0, 0.05) is 6.54 Å². The number of carbonyl (C=O) groups is 2. The molecule has 0 aliphatic carbocycles. The van der Waals surface area contributed by atoms with Gasteiger partial charge in [-0.1, -0.05) is 13.8 Å². The van der Waals surface area contributed by atoms with E-state index in [-0.39, 0.29) is 18.3 Å². The van der Waals surface area contributed by atoms with Crippen molar-refractivity contribution in [3.05, 3.63) is 0 Å². The van der Waals surface area contributed by atoms with Gasteiger partial charge in [0.25, 0.3) is 0 Å². The molecule has 0 bridgehead atoms. The minimum absolute atomic E-state index is 0.00940. The van der Waals surface area contributed by atoms with Crippen LogP contribution < -0.4 is 5.32 Å². The summed E-state index contributed by atoms with van der Waals surface area (Å²) < 4.78 is 4.85. The van der Waals surface area contributed by atoms with E-state index in [9.17, 15) is 9.59 Å². The van der Waals surface area contributed by atoms with E-state index in [0.29, 0.717) is 19.1 Å². The lowest BCUT2D eigenvalue weighted by Crippen LogP contribution is -2.30. The highest BCUT2D eigenvalue weighted by molar-refractivity contribution is 5.70. The SMILES string of the molecule is CCOC(=O)CC(CNC(=O)O)CC(C)C. The average Bonchev–Trinajstić information content (AvgIpc) is 2.13. The summed E-state index contributed by atoms with van der Waals surface area (Å²) in [6.07, 6.45) is 0.0170. The van der Waals surface area contributed by atoms with Crippen LogP contribution in [0.15, 0.2) is 0 Å². The summed E-state index contributed by atoms with van der Waals surface area (Å²) >= 11 is 0. The molecule has 0 spiro atoms. The van der Waals surface area contributed by atoms with Crippen molar-refractivity contribution >= 4 is 12.1 Å². The lowest BCUT2D eigenvalue weighted by Gasteiger charge is -2.17. The molecule has 0 fully saturated rings.